The molecule has 0 aliphatic carbocycles. The van der Waals surface area contributed by atoms with Crippen molar-refractivity contribution in [2.24, 2.45) is 5.10 Å². The molecule has 0 radical (unpaired) electrons. The Morgan fingerprint density at radius 3 is 2.64 bits per heavy atom. The molecule has 0 aliphatic heterocycles. The van der Waals surface area contributed by atoms with E-state index in [9.17, 15) is 9.59 Å². The number of nitrogens with one attached hydrogen (secondary N) is 1. The highest BCUT2D eigenvalue weighted by atomic mass is 32.1. The van der Waals surface area contributed by atoms with Gasteiger partial charge in [0.2, 0.25) is 5.91 Å². The Hall–Kier alpha value is -3.19. The van der Waals surface area contributed by atoms with Gasteiger partial charge in [-0.25, -0.2) is 5.43 Å². The number of amides is 1. The summed E-state index contributed by atoms with van der Waals surface area (Å²) in [5.74, 6) is 0.558. The van der Waals surface area contributed by atoms with Crippen molar-refractivity contribution in [3.8, 4) is 11.5 Å². The van der Waals surface area contributed by atoms with Gasteiger partial charge in [-0.05, 0) is 46.7 Å². The molecule has 7 heteroatoms. The van der Waals surface area contributed by atoms with Crippen LogP contribution in [0.25, 0.3) is 10.1 Å². The van der Waals surface area contributed by atoms with Crippen LogP contribution in [0.4, 0.5) is 0 Å². The summed E-state index contributed by atoms with van der Waals surface area (Å²) in [6.07, 6.45) is 1.72. The number of benzene rings is 2. The number of ether oxygens (including phenoxy) is 2. The molecule has 1 aromatic heterocycles. The first-order valence-corrected chi connectivity index (χ1v) is 9.53. The molecule has 0 unspecified atom stereocenters. The molecule has 0 spiro atoms. The van der Waals surface area contributed by atoms with E-state index in [4.69, 9.17) is 9.47 Å². The molecular formula is C21H20N2O4S. The first kappa shape index (κ1) is 19.6. The number of hydrogen-bond acceptors (Lipinski definition) is 6. The third-order valence-electron chi connectivity index (χ3n) is 4.17. The van der Waals surface area contributed by atoms with Gasteiger partial charge in [-0.3, -0.25) is 9.59 Å². The van der Waals surface area contributed by atoms with Crippen LogP contribution in [0.1, 0.15) is 28.8 Å². The molecule has 144 valence electrons. The monoisotopic (exact) mass is 396 g/mol. The summed E-state index contributed by atoms with van der Waals surface area (Å²) in [6, 6.07) is 12.9. The van der Waals surface area contributed by atoms with Crippen LogP contribution in [0.15, 0.2) is 52.9 Å². The minimum atomic E-state index is -0.317. The van der Waals surface area contributed by atoms with Crippen LogP contribution in [0.2, 0.25) is 0 Å². The van der Waals surface area contributed by atoms with Gasteiger partial charge in [-0.1, -0.05) is 12.1 Å². The standard InChI is InChI=1S/C21H20N2O4S/c1-26-18-7-5-16(12-19(18)27-2)17(24)6-8-21(25)23-22-13-14-3-4-15-9-10-28-20(15)11-14/h3-5,7,9-13H,6,8H2,1-2H3,(H,23,25)/b22-13+. The topological polar surface area (TPSA) is 77.0 Å². The van der Waals surface area contributed by atoms with E-state index < -0.39 is 0 Å². The number of hydrogen-bond donors (Lipinski definition) is 1. The van der Waals surface area contributed by atoms with Crippen molar-refractivity contribution in [3.63, 3.8) is 0 Å². The minimum absolute atomic E-state index is 0.0501. The number of methoxy groups -OCH3 is 2. The van der Waals surface area contributed by atoms with Gasteiger partial charge in [0.25, 0.3) is 0 Å². The highest BCUT2D eigenvalue weighted by molar-refractivity contribution is 7.17. The van der Waals surface area contributed by atoms with Crippen molar-refractivity contribution in [2.75, 3.05) is 14.2 Å². The molecule has 1 N–H and O–H groups in total. The third kappa shape index (κ3) is 4.75. The van der Waals surface area contributed by atoms with Crippen LogP contribution in [-0.2, 0) is 4.79 Å². The summed E-state index contributed by atoms with van der Waals surface area (Å²) in [5.41, 5.74) is 3.83. The number of fused-ring (bicyclic) bond motifs is 1. The lowest BCUT2D eigenvalue weighted by Crippen LogP contribution is -2.18. The SMILES string of the molecule is COc1ccc(C(=O)CCC(=O)N/N=C/c2ccc3ccsc3c2)cc1OC. The number of rotatable bonds is 8. The molecule has 0 aliphatic rings. The normalized spacial score (nSPS) is 10.9. The van der Waals surface area contributed by atoms with Gasteiger partial charge in [-0.2, -0.15) is 5.10 Å². The Labute approximate surface area is 166 Å². The van der Waals surface area contributed by atoms with Crippen molar-refractivity contribution in [1.29, 1.82) is 0 Å². The minimum Gasteiger partial charge on any atom is -0.493 e. The molecule has 1 heterocycles. The maximum atomic E-state index is 12.3. The van der Waals surface area contributed by atoms with Gasteiger partial charge in [-0.15, -0.1) is 11.3 Å². The van der Waals surface area contributed by atoms with Gasteiger partial charge in [0.15, 0.2) is 17.3 Å². The van der Waals surface area contributed by atoms with Crippen LogP contribution in [0.3, 0.4) is 0 Å². The summed E-state index contributed by atoms with van der Waals surface area (Å²) in [5, 5.41) is 7.18. The lowest BCUT2D eigenvalue weighted by Gasteiger charge is -2.08. The van der Waals surface area contributed by atoms with E-state index in [0.29, 0.717) is 17.1 Å². The molecule has 0 saturated carbocycles. The van der Waals surface area contributed by atoms with Crippen LogP contribution in [0.5, 0.6) is 11.5 Å². The van der Waals surface area contributed by atoms with Gasteiger partial charge >= 0.3 is 0 Å². The number of Topliss-reactive ketones (excluding diaryl/α,β-unsaturated/α-hetero) is 1. The smallest absolute Gasteiger partial charge is 0.240 e. The molecule has 1 amide bonds. The Kier molecular flexibility index (Phi) is 6.39. The van der Waals surface area contributed by atoms with Gasteiger partial charge in [0.05, 0.1) is 20.4 Å². The predicted octanol–water partition coefficient (Wildman–Crippen LogP) is 4.03. The number of carbonyl (C=O) groups excluding carboxylic acids is 2. The Bertz CT molecular complexity index is 1030. The summed E-state index contributed by atoms with van der Waals surface area (Å²) < 4.78 is 11.5. The first-order valence-electron chi connectivity index (χ1n) is 8.65. The number of nitrogens with zero attached hydrogens (tertiary/aromatic N) is 1. The summed E-state index contributed by atoms with van der Waals surface area (Å²) in [4.78, 5) is 24.2. The third-order valence-corrected chi connectivity index (χ3v) is 5.05. The van der Waals surface area contributed by atoms with Crippen molar-refractivity contribution in [2.45, 2.75) is 12.8 Å². The number of ketones is 1. The molecule has 2 aromatic carbocycles. The van der Waals surface area contributed by atoms with Gasteiger partial charge in [0.1, 0.15) is 0 Å². The number of thiophene rings is 1. The number of carbonyl (C=O) groups is 2. The molecule has 28 heavy (non-hydrogen) atoms. The van der Waals surface area contributed by atoms with E-state index in [1.807, 2.05) is 23.6 Å². The van der Waals surface area contributed by atoms with Crippen molar-refractivity contribution >= 4 is 39.3 Å². The molecule has 3 rings (SSSR count). The van der Waals surface area contributed by atoms with Crippen LogP contribution < -0.4 is 14.9 Å². The lowest BCUT2D eigenvalue weighted by atomic mass is 10.1. The fourth-order valence-electron chi connectivity index (χ4n) is 2.67. The van der Waals surface area contributed by atoms with E-state index in [1.165, 1.54) is 19.6 Å². The second kappa shape index (κ2) is 9.14. The predicted molar refractivity (Wildman–Crippen MR) is 111 cm³/mol. The Balaban J connectivity index is 1.51. The van der Waals surface area contributed by atoms with Crippen molar-refractivity contribution in [1.82, 2.24) is 5.43 Å². The molecule has 0 bridgehead atoms. The fourth-order valence-corrected chi connectivity index (χ4v) is 3.50. The molecule has 3 aromatic rings. The van der Waals surface area contributed by atoms with E-state index in [1.54, 1.807) is 35.8 Å². The van der Waals surface area contributed by atoms with Crippen molar-refractivity contribution < 1.29 is 19.1 Å². The first-order chi connectivity index (χ1) is 13.6. The second-order valence-electron chi connectivity index (χ2n) is 6.00. The van der Waals surface area contributed by atoms with E-state index in [2.05, 4.69) is 16.6 Å². The van der Waals surface area contributed by atoms with E-state index in [-0.39, 0.29) is 24.5 Å². The molecular weight excluding hydrogens is 376 g/mol. The average molecular weight is 396 g/mol. The zero-order chi connectivity index (χ0) is 19.9. The second-order valence-corrected chi connectivity index (χ2v) is 6.95. The highest BCUT2D eigenvalue weighted by Gasteiger charge is 2.12. The molecule has 0 saturated heterocycles. The molecule has 6 nitrogen and oxygen atoms in total. The van der Waals surface area contributed by atoms with Gasteiger partial charge in [0, 0.05) is 23.1 Å². The highest BCUT2D eigenvalue weighted by Crippen LogP contribution is 2.28. The average Bonchev–Trinajstić information content (AvgIpc) is 3.19. The van der Waals surface area contributed by atoms with Crippen LogP contribution in [-0.4, -0.2) is 32.1 Å². The molecule has 0 fully saturated rings. The Morgan fingerprint density at radius 1 is 1.04 bits per heavy atom. The van der Waals surface area contributed by atoms with E-state index >= 15 is 0 Å². The fraction of sp³-hybridized carbons (Fsp3) is 0.190. The number of hydrazone groups is 1. The lowest BCUT2D eigenvalue weighted by molar-refractivity contribution is -0.121. The zero-order valence-corrected chi connectivity index (χ0v) is 16.4. The van der Waals surface area contributed by atoms with Crippen LogP contribution in [0, 0.1) is 0 Å². The summed E-state index contributed by atoms with van der Waals surface area (Å²) in [7, 11) is 3.04. The zero-order valence-electron chi connectivity index (χ0n) is 15.6. The van der Waals surface area contributed by atoms with E-state index in [0.717, 1.165) is 10.3 Å². The van der Waals surface area contributed by atoms with Crippen LogP contribution >= 0.6 is 11.3 Å². The summed E-state index contributed by atoms with van der Waals surface area (Å²) >= 11 is 1.65. The van der Waals surface area contributed by atoms with Gasteiger partial charge < -0.3 is 9.47 Å². The van der Waals surface area contributed by atoms with Crippen molar-refractivity contribution in [3.05, 3.63) is 59.0 Å². The quantitative estimate of drug-likeness (QED) is 0.354. The maximum absolute atomic E-state index is 12.3. The maximum Gasteiger partial charge on any atom is 0.240 e. The molecule has 0 atom stereocenters. The Morgan fingerprint density at radius 2 is 1.86 bits per heavy atom. The summed E-state index contributed by atoms with van der Waals surface area (Å²) in [6.45, 7) is 0. The largest absolute Gasteiger partial charge is 0.493 e.